The van der Waals surface area contributed by atoms with Crippen molar-refractivity contribution in [3.8, 4) is 0 Å². The Hall–Kier alpha value is -0.196. The van der Waals surface area contributed by atoms with Crippen LogP contribution in [0.1, 0.15) is 10.4 Å². The van der Waals surface area contributed by atoms with Crippen molar-refractivity contribution in [1.82, 2.24) is 0 Å². The van der Waals surface area contributed by atoms with E-state index in [0.29, 0.717) is 0 Å². The summed E-state index contributed by atoms with van der Waals surface area (Å²) in [4.78, 5) is 10.4. The number of carbonyl (C=O) groups is 1. The summed E-state index contributed by atoms with van der Waals surface area (Å²) in [7, 11) is -1.69. The summed E-state index contributed by atoms with van der Waals surface area (Å²) in [6, 6.07) is 1.34. The van der Waals surface area contributed by atoms with Gasteiger partial charge < -0.3 is 15.2 Å². The Morgan fingerprint density at radius 3 is 2.42 bits per heavy atom. The van der Waals surface area contributed by atoms with Crippen molar-refractivity contribution >= 4 is 29.2 Å². The SMILES string of the molecule is O=C(O)c1ccsc1B(O)O.[Ir]. The van der Waals surface area contributed by atoms with E-state index in [1.807, 2.05) is 0 Å². The van der Waals surface area contributed by atoms with Crippen molar-refractivity contribution in [2.75, 3.05) is 0 Å². The van der Waals surface area contributed by atoms with E-state index in [2.05, 4.69) is 0 Å². The summed E-state index contributed by atoms with van der Waals surface area (Å²) < 4.78 is 0.0671. The molecule has 0 bridgehead atoms. The zero-order valence-electron chi connectivity index (χ0n) is 5.72. The normalized spacial score (nSPS) is 8.83. The maximum absolute atomic E-state index is 10.4. The van der Waals surface area contributed by atoms with E-state index < -0.39 is 13.1 Å². The second kappa shape index (κ2) is 4.74. The van der Waals surface area contributed by atoms with Crippen LogP contribution in [0.2, 0.25) is 0 Å². The molecule has 0 aromatic carbocycles. The molecule has 0 spiro atoms. The molecule has 1 aromatic rings. The van der Waals surface area contributed by atoms with E-state index >= 15 is 0 Å². The Bertz CT molecular complexity index is 274. The molecule has 1 radical (unpaired) electrons. The first-order chi connectivity index (χ1) is 5.13. The number of hydrogen-bond acceptors (Lipinski definition) is 4. The van der Waals surface area contributed by atoms with Gasteiger partial charge in [-0.25, -0.2) is 4.79 Å². The molecule has 0 amide bonds. The van der Waals surface area contributed by atoms with Gasteiger partial charge in [0.25, 0.3) is 0 Å². The summed E-state index contributed by atoms with van der Waals surface area (Å²) in [6.45, 7) is 0. The minimum Gasteiger partial charge on any atom is -0.478 e. The Morgan fingerprint density at radius 2 is 2.08 bits per heavy atom. The van der Waals surface area contributed by atoms with Crippen LogP contribution in [0, 0.1) is 0 Å². The Labute approximate surface area is 86.4 Å². The first-order valence-corrected chi connectivity index (χ1v) is 3.67. The molecule has 1 aromatic heterocycles. The molecule has 3 N–H and O–H groups in total. The molecular formula is C5H5BIrO4S. The van der Waals surface area contributed by atoms with Crippen molar-refractivity contribution in [2.24, 2.45) is 0 Å². The third-order valence-electron chi connectivity index (χ3n) is 1.16. The summed E-state index contributed by atoms with van der Waals surface area (Å²) in [6.07, 6.45) is 0. The Balaban J connectivity index is 0.00000121. The average Bonchev–Trinajstić information content (AvgIpc) is 2.32. The summed E-state index contributed by atoms with van der Waals surface area (Å²) in [5.74, 6) is -1.14. The molecule has 0 unspecified atom stereocenters. The standard InChI is InChI=1S/C5H5BO4S.Ir/c7-5(8)3-1-2-11-4(3)6(9)10;/h1-2,9-10H,(H,7,8);. The van der Waals surface area contributed by atoms with Crippen LogP contribution in [0.4, 0.5) is 0 Å². The zero-order chi connectivity index (χ0) is 8.43. The van der Waals surface area contributed by atoms with Crippen LogP contribution >= 0.6 is 11.3 Å². The van der Waals surface area contributed by atoms with Crippen LogP contribution in [0.15, 0.2) is 11.4 Å². The molecular weight excluding hydrogens is 359 g/mol. The number of aromatic carboxylic acids is 1. The van der Waals surface area contributed by atoms with Crippen LogP contribution in [-0.4, -0.2) is 28.2 Å². The quantitative estimate of drug-likeness (QED) is 0.596. The number of thiophene rings is 1. The van der Waals surface area contributed by atoms with Crippen LogP contribution in [0.3, 0.4) is 0 Å². The third-order valence-corrected chi connectivity index (χ3v) is 2.12. The number of carboxylic acid groups (broad SMARTS) is 1. The van der Waals surface area contributed by atoms with E-state index in [4.69, 9.17) is 15.2 Å². The minimum atomic E-state index is -1.69. The first kappa shape index (κ1) is 11.8. The predicted octanol–water partition coefficient (Wildman–Crippen LogP) is -0.876. The fourth-order valence-corrected chi connectivity index (χ4v) is 1.45. The van der Waals surface area contributed by atoms with Gasteiger partial charge in [-0.1, -0.05) is 0 Å². The predicted molar refractivity (Wildman–Crippen MR) is 41.1 cm³/mol. The van der Waals surface area contributed by atoms with Crippen LogP contribution < -0.4 is 4.78 Å². The largest absolute Gasteiger partial charge is 0.499 e. The molecule has 0 aliphatic carbocycles. The topological polar surface area (TPSA) is 77.8 Å². The molecule has 0 aliphatic heterocycles. The van der Waals surface area contributed by atoms with E-state index in [0.717, 1.165) is 11.3 Å². The van der Waals surface area contributed by atoms with Gasteiger partial charge >= 0.3 is 13.1 Å². The fraction of sp³-hybridized carbons (Fsp3) is 0. The van der Waals surface area contributed by atoms with Crippen LogP contribution in [-0.2, 0) is 20.1 Å². The average molecular weight is 364 g/mol. The van der Waals surface area contributed by atoms with Gasteiger partial charge in [0.2, 0.25) is 0 Å². The molecule has 1 heterocycles. The second-order valence-electron chi connectivity index (χ2n) is 1.88. The zero-order valence-corrected chi connectivity index (χ0v) is 8.94. The van der Waals surface area contributed by atoms with Crippen LogP contribution in [0.5, 0.6) is 0 Å². The molecule has 0 atom stereocenters. The maximum Gasteiger partial charge on any atom is 0.499 e. The molecule has 1 rings (SSSR count). The maximum atomic E-state index is 10.4. The Kier molecular flexibility index (Phi) is 4.66. The van der Waals surface area contributed by atoms with Gasteiger partial charge in [0.1, 0.15) is 0 Å². The third kappa shape index (κ3) is 2.40. The van der Waals surface area contributed by atoms with Crippen molar-refractivity contribution in [2.45, 2.75) is 0 Å². The second-order valence-corrected chi connectivity index (χ2v) is 2.83. The number of hydrogen-bond donors (Lipinski definition) is 3. The van der Waals surface area contributed by atoms with E-state index in [1.165, 1.54) is 11.4 Å². The van der Waals surface area contributed by atoms with Gasteiger partial charge in [-0.15, -0.1) is 0 Å². The van der Waals surface area contributed by atoms with Gasteiger partial charge in [0.15, 0.2) is 0 Å². The van der Waals surface area contributed by atoms with Gasteiger partial charge in [-0.3, -0.25) is 0 Å². The molecule has 0 saturated heterocycles. The number of rotatable bonds is 2. The fourth-order valence-electron chi connectivity index (χ4n) is 0.698. The Morgan fingerprint density at radius 1 is 1.50 bits per heavy atom. The van der Waals surface area contributed by atoms with E-state index in [9.17, 15) is 4.79 Å². The van der Waals surface area contributed by atoms with Gasteiger partial charge in [0, 0.05) is 24.9 Å². The van der Waals surface area contributed by atoms with Gasteiger partial charge in [-0.2, -0.15) is 11.3 Å². The van der Waals surface area contributed by atoms with Crippen molar-refractivity contribution in [3.63, 3.8) is 0 Å². The van der Waals surface area contributed by atoms with Crippen molar-refractivity contribution < 1.29 is 40.1 Å². The summed E-state index contributed by atoms with van der Waals surface area (Å²) in [5.41, 5.74) is -0.0509. The van der Waals surface area contributed by atoms with Crippen molar-refractivity contribution in [1.29, 1.82) is 0 Å². The summed E-state index contributed by atoms with van der Waals surface area (Å²) in [5, 5.41) is 27.3. The molecule has 4 nitrogen and oxygen atoms in total. The summed E-state index contributed by atoms with van der Waals surface area (Å²) >= 11 is 1.01. The molecule has 67 valence electrons. The van der Waals surface area contributed by atoms with Crippen molar-refractivity contribution in [3.05, 3.63) is 17.0 Å². The molecule has 12 heavy (non-hydrogen) atoms. The van der Waals surface area contributed by atoms with E-state index in [1.54, 1.807) is 0 Å². The van der Waals surface area contributed by atoms with Gasteiger partial charge in [0.05, 0.1) is 5.56 Å². The molecule has 7 heteroatoms. The van der Waals surface area contributed by atoms with Gasteiger partial charge in [-0.05, 0) is 11.4 Å². The molecule has 0 fully saturated rings. The monoisotopic (exact) mass is 365 g/mol. The smallest absolute Gasteiger partial charge is 0.478 e. The molecule has 0 aliphatic rings. The van der Waals surface area contributed by atoms with Crippen LogP contribution in [0.25, 0.3) is 0 Å². The molecule has 0 saturated carbocycles. The minimum absolute atomic E-state index is 0. The first-order valence-electron chi connectivity index (χ1n) is 2.79. The number of carboxylic acids is 1. The van der Waals surface area contributed by atoms with E-state index in [-0.39, 0.29) is 30.4 Å².